The Morgan fingerprint density at radius 3 is 2.75 bits per heavy atom. The highest BCUT2D eigenvalue weighted by molar-refractivity contribution is 9.10. The van der Waals surface area contributed by atoms with E-state index < -0.39 is 0 Å². The molecule has 0 aliphatic heterocycles. The van der Waals surface area contributed by atoms with Gasteiger partial charge < -0.3 is 5.73 Å². The van der Waals surface area contributed by atoms with Crippen molar-refractivity contribution < 1.29 is 4.39 Å². The van der Waals surface area contributed by atoms with Gasteiger partial charge >= 0.3 is 0 Å². The molecular formula is C12H10BrFN2. The number of hydrogen-bond acceptors (Lipinski definition) is 2. The first-order chi connectivity index (χ1) is 7.58. The van der Waals surface area contributed by atoms with Gasteiger partial charge in [0.25, 0.3) is 0 Å². The normalized spacial score (nSPS) is 10.4. The third-order valence-electron chi connectivity index (χ3n) is 2.28. The number of aryl methyl sites for hydroxylation is 1. The van der Waals surface area contributed by atoms with Crippen LogP contribution in [0.2, 0.25) is 0 Å². The van der Waals surface area contributed by atoms with Crippen LogP contribution in [0.15, 0.2) is 34.9 Å². The Kier molecular flexibility index (Phi) is 2.92. The van der Waals surface area contributed by atoms with Crippen LogP contribution in [-0.4, -0.2) is 4.98 Å². The molecule has 1 aromatic carbocycles. The second-order valence-electron chi connectivity index (χ2n) is 3.56. The number of nitrogens with zero attached hydrogens (tertiary/aromatic N) is 1. The molecule has 0 saturated heterocycles. The molecule has 4 heteroatoms. The van der Waals surface area contributed by atoms with Crippen molar-refractivity contribution >= 4 is 21.6 Å². The van der Waals surface area contributed by atoms with Crippen LogP contribution in [0.4, 0.5) is 10.1 Å². The molecule has 0 radical (unpaired) electrons. The van der Waals surface area contributed by atoms with Gasteiger partial charge in [0.15, 0.2) is 0 Å². The number of nitrogens with two attached hydrogens (primary N) is 1. The van der Waals surface area contributed by atoms with Crippen LogP contribution >= 0.6 is 15.9 Å². The third kappa shape index (κ3) is 2.07. The molecule has 0 atom stereocenters. The summed E-state index contributed by atoms with van der Waals surface area (Å²) in [6, 6.07) is 6.56. The number of halogens is 2. The van der Waals surface area contributed by atoms with Gasteiger partial charge in [0.2, 0.25) is 0 Å². The summed E-state index contributed by atoms with van der Waals surface area (Å²) in [6.07, 6.45) is 1.53. The van der Waals surface area contributed by atoms with Crippen molar-refractivity contribution in [2.45, 2.75) is 6.92 Å². The number of nitrogen functional groups attached to an aromatic ring is 1. The van der Waals surface area contributed by atoms with Crippen molar-refractivity contribution in [1.82, 2.24) is 4.98 Å². The number of benzene rings is 1. The molecule has 0 unspecified atom stereocenters. The highest BCUT2D eigenvalue weighted by Crippen LogP contribution is 2.27. The van der Waals surface area contributed by atoms with Gasteiger partial charge in [-0.1, -0.05) is 15.9 Å². The van der Waals surface area contributed by atoms with E-state index in [1.807, 2.05) is 6.92 Å². The smallest absolute Gasteiger partial charge is 0.132 e. The zero-order chi connectivity index (χ0) is 11.7. The largest absolute Gasteiger partial charge is 0.397 e. The maximum absolute atomic E-state index is 13.6. The van der Waals surface area contributed by atoms with Crippen LogP contribution in [0.3, 0.4) is 0 Å². The zero-order valence-corrected chi connectivity index (χ0v) is 10.3. The highest BCUT2D eigenvalue weighted by Gasteiger charge is 2.09. The summed E-state index contributed by atoms with van der Waals surface area (Å²) in [5, 5.41) is 0. The van der Waals surface area contributed by atoms with Crippen LogP contribution in [-0.2, 0) is 0 Å². The molecule has 16 heavy (non-hydrogen) atoms. The van der Waals surface area contributed by atoms with Gasteiger partial charge in [0.1, 0.15) is 5.82 Å². The van der Waals surface area contributed by atoms with Gasteiger partial charge in [-0.25, -0.2) is 4.39 Å². The number of rotatable bonds is 1. The summed E-state index contributed by atoms with van der Waals surface area (Å²) < 4.78 is 14.5. The minimum Gasteiger partial charge on any atom is -0.397 e. The molecule has 0 fully saturated rings. The molecule has 2 N–H and O–H groups in total. The molecule has 82 valence electrons. The lowest BCUT2D eigenvalue weighted by atomic mass is 10.1. The number of anilines is 1. The van der Waals surface area contributed by atoms with Crippen LogP contribution in [0.1, 0.15) is 5.56 Å². The Hall–Kier alpha value is -1.42. The first-order valence-electron chi connectivity index (χ1n) is 4.75. The van der Waals surface area contributed by atoms with Gasteiger partial charge in [-0.05, 0) is 36.8 Å². The van der Waals surface area contributed by atoms with Crippen LogP contribution < -0.4 is 5.73 Å². The van der Waals surface area contributed by atoms with E-state index in [0.717, 1.165) is 10.0 Å². The topological polar surface area (TPSA) is 38.9 Å². The first kappa shape index (κ1) is 11.1. The van der Waals surface area contributed by atoms with Crippen molar-refractivity contribution in [1.29, 1.82) is 0 Å². The van der Waals surface area contributed by atoms with Crippen molar-refractivity contribution in [3.63, 3.8) is 0 Å². The van der Waals surface area contributed by atoms with E-state index in [0.29, 0.717) is 16.9 Å². The summed E-state index contributed by atoms with van der Waals surface area (Å²) >= 11 is 3.31. The number of aromatic nitrogens is 1. The van der Waals surface area contributed by atoms with Gasteiger partial charge in [-0.3, -0.25) is 4.98 Å². The van der Waals surface area contributed by atoms with Gasteiger partial charge in [-0.15, -0.1) is 0 Å². The second kappa shape index (κ2) is 4.22. The summed E-state index contributed by atoms with van der Waals surface area (Å²) in [5.74, 6) is -0.288. The molecule has 1 aromatic heterocycles. The molecular weight excluding hydrogens is 271 g/mol. The molecule has 2 rings (SSSR count). The molecule has 0 bridgehead atoms. The van der Waals surface area contributed by atoms with E-state index in [-0.39, 0.29) is 5.82 Å². The fourth-order valence-corrected chi connectivity index (χ4v) is 1.92. The average molecular weight is 281 g/mol. The fourth-order valence-electron chi connectivity index (χ4n) is 1.56. The molecule has 2 nitrogen and oxygen atoms in total. The SMILES string of the molecule is Cc1cc(N)cnc1-c1cc(Br)ccc1F. The zero-order valence-electron chi connectivity index (χ0n) is 8.67. The van der Waals surface area contributed by atoms with Gasteiger partial charge in [0.05, 0.1) is 17.6 Å². The van der Waals surface area contributed by atoms with E-state index in [9.17, 15) is 4.39 Å². The van der Waals surface area contributed by atoms with Crippen molar-refractivity contribution in [3.05, 3.63) is 46.3 Å². The molecule has 0 aliphatic rings. The monoisotopic (exact) mass is 280 g/mol. The van der Waals surface area contributed by atoms with Crippen LogP contribution in [0.25, 0.3) is 11.3 Å². The minimum atomic E-state index is -0.288. The highest BCUT2D eigenvalue weighted by atomic mass is 79.9. The minimum absolute atomic E-state index is 0.288. The number of hydrogen-bond donors (Lipinski definition) is 1. The standard InChI is InChI=1S/C12H10BrFN2/c1-7-4-9(15)6-16-12(7)10-5-8(13)2-3-11(10)14/h2-6H,15H2,1H3. The Labute approximate surface area is 101 Å². The number of pyridine rings is 1. The molecule has 0 saturated carbocycles. The lowest BCUT2D eigenvalue weighted by molar-refractivity contribution is 0.630. The van der Waals surface area contributed by atoms with E-state index in [4.69, 9.17) is 5.73 Å². The van der Waals surface area contributed by atoms with E-state index in [1.54, 1.807) is 18.2 Å². The summed E-state index contributed by atoms with van der Waals surface area (Å²) in [7, 11) is 0. The molecule has 2 aromatic rings. The summed E-state index contributed by atoms with van der Waals surface area (Å²) in [5.41, 5.74) is 8.14. The van der Waals surface area contributed by atoms with Crippen molar-refractivity contribution in [3.8, 4) is 11.3 Å². The molecule has 1 heterocycles. The average Bonchev–Trinajstić information content (AvgIpc) is 2.22. The van der Waals surface area contributed by atoms with Crippen LogP contribution in [0, 0.1) is 12.7 Å². The summed E-state index contributed by atoms with van der Waals surface area (Å²) in [6.45, 7) is 1.86. The molecule has 0 aliphatic carbocycles. The quantitative estimate of drug-likeness (QED) is 0.868. The molecule has 0 amide bonds. The first-order valence-corrected chi connectivity index (χ1v) is 5.55. The maximum atomic E-state index is 13.6. The Balaban J connectivity index is 2.62. The lowest BCUT2D eigenvalue weighted by Gasteiger charge is -2.07. The van der Waals surface area contributed by atoms with Crippen molar-refractivity contribution in [2.75, 3.05) is 5.73 Å². The van der Waals surface area contributed by atoms with E-state index >= 15 is 0 Å². The van der Waals surface area contributed by atoms with Gasteiger partial charge in [-0.2, -0.15) is 0 Å². The third-order valence-corrected chi connectivity index (χ3v) is 2.78. The maximum Gasteiger partial charge on any atom is 0.132 e. The van der Waals surface area contributed by atoms with E-state index in [2.05, 4.69) is 20.9 Å². The van der Waals surface area contributed by atoms with E-state index in [1.165, 1.54) is 12.3 Å². The Morgan fingerprint density at radius 2 is 2.06 bits per heavy atom. The fraction of sp³-hybridized carbons (Fsp3) is 0.0833. The predicted octanol–water partition coefficient (Wildman–Crippen LogP) is 3.54. The molecule has 0 spiro atoms. The Morgan fingerprint density at radius 1 is 1.31 bits per heavy atom. The lowest BCUT2D eigenvalue weighted by Crippen LogP contribution is -1.94. The second-order valence-corrected chi connectivity index (χ2v) is 4.47. The summed E-state index contributed by atoms with van der Waals surface area (Å²) in [4.78, 5) is 4.16. The van der Waals surface area contributed by atoms with Crippen LogP contribution in [0.5, 0.6) is 0 Å². The predicted molar refractivity (Wildman–Crippen MR) is 66.5 cm³/mol. The van der Waals surface area contributed by atoms with Crippen molar-refractivity contribution in [2.24, 2.45) is 0 Å². The van der Waals surface area contributed by atoms with Gasteiger partial charge in [0, 0.05) is 10.0 Å². The Bertz CT molecular complexity index is 541.